The fourth-order valence-electron chi connectivity index (χ4n) is 3.84. The van der Waals surface area contributed by atoms with Gasteiger partial charge in [0, 0.05) is 45.8 Å². The lowest BCUT2D eigenvalue weighted by atomic mass is 10.0. The van der Waals surface area contributed by atoms with Crippen molar-refractivity contribution in [1.82, 2.24) is 20.4 Å². The molecule has 1 amide bonds. The Hall–Kier alpha value is -2.60. The number of piperazine rings is 1. The monoisotopic (exact) mass is 395 g/mol. The number of rotatable bonds is 6. The number of nitrogens with zero attached hydrogens (tertiary/aromatic N) is 3. The molecule has 0 aromatic heterocycles. The first-order chi connectivity index (χ1) is 14.1. The molecule has 0 unspecified atom stereocenters. The van der Waals surface area contributed by atoms with Crippen LogP contribution in [0.2, 0.25) is 0 Å². The highest BCUT2D eigenvalue weighted by atomic mass is 16.2. The Bertz CT molecular complexity index is 835. The molecule has 1 aliphatic rings. The van der Waals surface area contributed by atoms with Crippen molar-refractivity contribution in [3.8, 4) is 0 Å². The van der Waals surface area contributed by atoms with Crippen LogP contribution in [0.5, 0.6) is 0 Å². The Morgan fingerprint density at radius 1 is 1.07 bits per heavy atom. The summed E-state index contributed by atoms with van der Waals surface area (Å²) in [6.45, 7) is 8.79. The van der Waals surface area contributed by atoms with Gasteiger partial charge < -0.3 is 15.5 Å². The summed E-state index contributed by atoms with van der Waals surface area (Å²) in [5, 5.41) is 9.08. The van der Waals surface area contributed by atoms with E-state index in [0.29, 0.717) is 6.54 Å². The fraction of sp³-hybridized carbons (Fsp3) is 0.478. The number of carbonyl (C=O) groups excluding carboxylic acids is 1. The second-order valence-corrected chi connectivity index (χ2v) is 7.85. The highest BCUT2D eigenvalue weighted by molar-refractivity contribution is 5.86. The lowest BCUT2D eigenvalue weighted by Crippen LogP contribution is -2.54. The average molecular weight is 396 g/mol. The van der Waals surface area contributed by atoms with E-state index in [4.69, 9.17) is 0 Å². The van der Waals surface area contributed by atoms with Crippen molar-refractivity contribution in [3.05, 3.63) is 48.0 Å². The van der Waals surface area contributed by atoms with Crippen LogP contribution >= 0.6 is 0 Å². The van der Waals surface area contributed by atoms with Crippen molar-refractivity contribution < 1.29 is 4.79 Å². The van der Waals surface area contributed by atoms with Crippen LogP contribution in [0.1, 0.15) is 19.4 Å². The standard InChI is InChI=1S/C23H33N5O/c1-18(2)26-22(29)17-27-13-15-28(16-14-27)23(24-3)25-12-11-20-9-6-8-19-7-4-5-10-21(19)20/h4-10,18H,11-17H2,1-3H3,(H,24,25)(H,26,29). The maximum Gasteiger partial charge on any atom is 0.234 e. The van der Waals surface area contributed by atoms with Crippen molar-refractivity contribution in [1.29, 1.82) is 0 Å². The zero-order valence-electron chi connectivity index (χ0n) is 17.8. The molecule has 1 heterocycles. The van der Waals surface area contributed by atoms with E-state index in [1.807, 2.05) is 20.9 Å². The van der Waals surface area contributed by atoms with Gasteiger partial charge in [-0.1, -0.05) is 42.5 Å². The van der Waals surface area contributed by atoms with Crippen molar-refractivity contribution in [3.63, 3.8) is 0 Å². The Balaban J connectivity index is 1.47. The molecule has 2 aromatic rings. The van der Waals surface area contributed by atoms with Crippen molar-refractivity contribution in [2.45, 2.75) is 26.3 Å². The Kier molecular flexibility index (Phi) is 7.47. The number of benzene rings is 2. The van der Waals surface area contributed by atoms with Crippen molar-refractivity contribution >= 4 is 22.6 Å². The predicted octanol–water partition coefficient (Wildman–Crippen LogP) is 2.10. The number of amides is 1. The lowest BCUT2D eigenvalue weighted by Gasteiger charge is -2.36. The summed E-state index contributed by atoms with van der Waals surface area (Å²) in [5.41, 5.74) is 1.35. The highest BCUT2D eigenvalue weighted by Gasteiger charge is 2.21. The summed E-state index contributed by atoms with van der Waals surface area (Å²) in [6, 6.07) is 15.2. The molecular weight excluding hydrogens is 362 g/mol. The first-order valence-corrected chi connectivity index (χ1v) is 10.5. The number of carbonyl (C=O) groups is 1. The summed E-state index contributed by atoms with van der Waals surface area (Å²) >= 11 is 0. The minimum Gasteiger partial charge on any atom is -0.356 e. The van der Waals surface area contributed by atoms with Gasteiger partial charge in [-0.05, 0) is 36.6 Å². The summed E-state index contributed by atoms with van der Waals surface area (Å²) in [6.07, 6.45) is 0.954. The lowest BCUT2D eigenvalue weighted by molar-refractivity contribution is -0.123. The third kappa shape index (κ3) is 5.94. The smallest absolute Gasteiger partial charge is 0.234 e. The van der Waals surface area contributed by atoms with Gasteiger partial charge in [-0.3, -0.25) is 14.7 Å². The topological polar surface area (TPSA) is 60.0 Å². The van der Waals surface area contributed by atoms with Gasteiger partial charge in [0.2, 0.25) is 5.91 Å². The molecule has 1 aliphatic heterocycles. The number of fused-ring (bicyclic) bond motifs is 1. The molecule has 3 rings (SSSR count). The second kappa shape index (κ2) is 10.3. The Morgan fingerprint density at radius 3 is 2.52 bits per heavy atom. The summed E-state index contributed by atoms with van der Waals surface area (Å²) in [4.78, 5) is 20.9. The number of hydrogen-bond donors (Lipinski definition) is 2. The van der Waals surface area contributed by atoms with Gasteiger partial charge in [0.15, 0.2) is 5.96 Å². The first kappa shape index (κ1) is 21.1. The molecule has 0 atom stereocenters. The van der Waals surface area contributed by atoms with Crippen LogP contribution < -0.4 is 10.6 Å². The van der Waals surface area contributed by atoms with Gasteiger partial charge in [0.1, 0.15) is 0 Å². The molecular formula is C23H33N5O. The molecule has 29 heavy (non-hydrogen) atoms. The van der Waals surface area contributed by atoms with Gasteiger partial charge in [-0.15, -0.1) is 0 Å². The average Bonchev–Trinajstić information content (AvgIpc) is 2.71. The summed E-state index contributed by atoms with van der Waals surface area (Å²) in [7, 11) is 1.84. The molecule has 0 radical (unpaired) electrons. The predicted molar refractivity (Wildman–Crippen MR) is 120 cm³/mol. The van der Waals surface area contributed by atoms with Gasteiger partial charge in [0.05, 0.1) is 6.54 Å². The summed E-state index contributed by atoms with van der Waals surface area (Å²) in [5.74, 6) is 1.04. The van der Waals surface area contributed by atoms with Gasteiger partial charge in [-0.25, -0.2) is 0 Å². The normalized spacial score (nSPS) is 15.7. The fourth-order valence-corrected chi connectivity index (χ4v) is 3.84. The third-order valence-corrected chi connectivity index (χ3v) is 5.26. The first-order valence-electron chi connectivity index (χ1n) is 10.5. The Labute approximate surface area is 174 Å². The quantitative estimate of drug-likeness (QED) is 0.581. The van der Waals surface area contributed by atoms with Gasteiger partial charge in [-0.2, -0.15) is 0 Å². The molecule has 1 saturated heterocycles. The third-order valence-electron chi connectivity index (χ3n) is 5.26. The maximum absolute atomic E-state index is 12.0. The largest absolute Gasteiger partial charge is 0.356 e. The molecule has 0 aliphatic carbocycles. The number of nitrogens with one attached hydrogen (secondary N) is 2. The van der Waals surface area contributed by atoms with E-state index < -0.39 is 0 Å². The van der Waals surface area contributed by atoms with Gasteiger partial charge in [0.25, 0.3) is 0 Å². The van der Waals surface area contributed by atoms with E-state index in [9.17, 15) is 4.79 Å². The van der Waals surface area contributed by atoms with Crippen molar-refractivity contribution in [2.24, 2.45) is 4.99 Å². The highest BCUT2D eigenvalue weighted by Crippen LogP contribution is 2.18. The minimum atomic E-state index is 0.103. The molecule has 1 fully saturated rings. The van der Waals surface area contributed by atoms with Crippen LogP contribution in [0, 0.1) is 0 Å². The SMILES string of the molecule is CN=C(NCCc1cccc2ccccc12)N1CCN(CC(=O)NC(C)C)CC1. The van der Waals surface area contributed by atoms with Crippen LogP contribution in [0.4, 0.5) is 0 Å². The van der Waals surface area contributed by atoms with E-state index in [-0.39, 0.29) is 11.9 Å². The second-order valence-electron chi connectivity index (χ2n) is 7.85. The summed E-state index contributed by atoms with van der Waals surface area (Å²) < 4.78 is 0. The van der Waals surface area contributed by atoms with E-state index in [2.05, 4.69) is 67.9 Å². The number of aliphatic imine (C=N–C) groups is 1. The molecule has 0 spiro atoms. The van der Waals surface area contributed by atoms with E-state index in [1.54, 1.807) is 0 Å². The molecule has 156 valence electrons. The molecule has 6 nitrogen and oxygen atoms in total. The maximum atomic E-state index is 12.0. The molecule has 0 bridgehead atoms. The van der Waals surface area contributed by atoms with E-state index in [0.717, 1.165) is 45.1 Å². The zero-order chi connectivity index (χ0) is 20.6. The molecule has 6 heteroatoms. The van der Waals surface area contributed by atoms with Crippen LogP contribution in [-0.2, 0) is 11.2 Å². The minimum absolute atomic E-state index is 0.103. The van der Waals surface area contributed by atoms with E-state index in [1.165, 1.54) is 16.3 Å². The van der Waals surface area contributed by atoms with Crippen LogP contribution in [0.3, 0.4) is 0 Å². The number of guanidine groups is 1. The Morgan fingerprint density at radius 2 is 1.79 bits per heavy atom. The van der Waals surface area contributed by atoms with Gasteiger partial charge >= 0.3 is 0 Å². The molecule has 2 aromatic carbocycles. The number of hydrogen-bond acceptors (Lipinski definition) is 3. The van der Waals surface area contributed by atoms with Crippen LogP contribution in [0.25, 0.3) is 10.8 Å². The van der Waals surface area contributed by atoms with Crippen molar-refractivity contribution in [2.75, 3.05) is 46.3 Å². The van der Waals surface area contributed by atoms with Crippen LogP contribution in [-0.4, -0.2) is 74.0 Å². The zero-order valence-corrected chi connectivity index (χ0v) is 17.8. The van der Waals surface area contributed by atoms with E-state index >= 15 is 0 Å². The van der Waals surface area contributed by atoms with Crippen LogP contribution in [0.15, 0.2) is 47.5 Å². The molecule has 2 N–H and O–H groups in total. The molecule has 0 saturated carbocycles.